The molecule has 0 aromatic carbocycles. The quantitative estimate of drug-likeness (QED) is 0.339. The van der Waals surface area contributed by atoms with Crippen molar-refractivity contribution in [2.24, 2.45) is 0 Å². The standard InChI is InChI=1S/C12H22Si.ClH3Si/c1-4-7-10-13(11-8-5-2)12-9-6-3;1-2/h4-6,13H,1-3,7-12H2;2H3. The summed E-state index contributed by atoms with van der Waals surface area (Å²) < 4.78 is 0. The van der Waals surface area contributed by atoms with Crippen LogP contribution in [-0.4, -0.2) is 18.3 Å². The van der Waals surface area contributed by atoms with Crippen molar-refractivity contribution in [1.82, 2.24) is 0 Å². The Hall–Kier alpha value is -0.0562. The van der Waals surface area contributed by atoms with Gasteiger partial charge in [-0.25, -0.2) is 0 Å². The molecule has 0 N–H and O–H groups in total. The van der Waals surface area contributed by atoms with Crippen LogP contribution in [0.1, 0.15) is 19.3 Å². The predicted molar refractivity (Wildman–Crippen MR) is 81.8 cm³/mol. The maximum Gasteiger partial charge on any atom is 0.109 e. The third-order valence-electron chi connectivity index (χ3n) is 2.34. The van der Waals surface area contributed by atoms with Crippen molar-refractivity contribution in [3.63, 3.8) is 0 Å². The Labute approximate surface area is 105 Å². The summed E-state index contributed by atoms with van der Waals surface area (Å²) in [6.07, 6.45) is 9.73. The van der Waals surface area contributed by atoms with E-state index in [1.54, 1.807) is 0 Å². The third-order valence-corrected chi connectivity index (χ3v) is 5.79. The van der Waals surface area contributed by atoms with Crippen LogP contribution in [0.5, 0.6) is 0 Å². The van der Waals surface area contributed by atoms with E-state index in [0.717, 1.165) is 9.55 Å². The molecular weight excluding hydrogens is 236 g/mol. The second-order valence-electron chi connectivity index (χ2n) is 3.46. The Bertz CT molecular complexity index is 129. The number of allylic oxidation sites excluding steroid dienone is 3. The van der Waals surface area contributed by atoms with Crippen LogP contribution < -0.4 is 0 Å². The average Bonchev–Trinajstić information content (AvgIpc) is 2.31. The van der Waals surface area contributed by atoms with E-state index in [4.69, 9.17) is 11.1 Å². The molecule has 0 spiro atoms. The van der Waals surface area contributed by atoms with Gasteiger partial charge in [-0.05, 0) is 19.3 Å². The zero-order valence-corrected chi connectivity index (χ0v) is 14.0. The first-order valence-electron chi connectivity index (χ1n) is 5.55. The van der Waals surface area contributed by atoms with Crippen LogP contribution in [-0.2, 0) is 0 Å². The number of hydrogen-bond acceptors (Lipinski definition) is 0. The minimum absolute atomic E-state index is 0.500. The third kappa shape index (κ3) is 13.9. The summed E-state index contributed by atoms with van der Waals surface area (Å²) in [5.74, 6) is 0. The molecule has 0 amide bonds. The summed E-state index contributed by atoms with van der Waals surface area (Å²) >= 11 is 4.78. The molecule has 0 heterocycles. The Morgan fingerprint density at radius 3 is 1.27 bits per heavy atom. The summed E-state index contributed by atoms with van der Waals surface area (Å²) in [4.78, 5) is 0. The highest BCUT2D eigenvalue weighted by atomic mass is 35.6. The van der Waals surface area contributed by atoms with Gasteiger partial charge >= 0.3 is 0 Å². The van der Waals surface area contributed by atoms with Crippen LogP contribution in [0.15, 0.2) is 38.0 Å². The molecule has 0 atom stereocenters. The first kappa shape index (κ1) is 17.3. The molecule has 3 heteroatoms. The van der Waals surface area contributed by atoms with Gasteiger partial charge < -0.3 is 0 Å². The Kier molecular flexibility index (Phi) is 18.9. The highest BCUT2D eigenvalue weighted by Crippen LogP contribution is 2.13. The van der Waals surface area contributed by atoms with Crippen molar-refractivity contribution >= 4 is 29.4 Å². The molecule has 0 aliphatic heterocycles. The normalized spacial score (nSPS) is 9.20. The van der Waals surface area contributed by atoms with E-state index >= 15 is 0 Å². The van der Waals surface area contributed by atoms with E-state index in [2.05, 4.69) is 19.7 Å². The van der Waals surface area contributed by atoms with Crippen molar-refractivity contribution in [3.8, 4) is 0 Å². The van der Waals surface area contributed by atoms with Gasteiger partial charge in [-0.15, -0.1) is 19.7 Å². The fourth-order valence-corrected chi connectivity index (χ4v) is 4.48. The van der Waals surface area contributed by atoms with E-state index in [-0.39, 0.29) is 0 Å². The molecule has 0 fully saturated rings. The minimum atomic E-state index is -0.500. The second-order valence-corrected chi connectivity index (χ2v) is 6.93. The molecule has 0 aliphatic carbocycles. The van der Waals surface area contributed by atoms with Gasteiger partial charge in [0.25, 0.3) is 0 Å². The molecular formula is C12H25ClSi2. The maximum atomic E-state index is 4.78. The summed E-state index contributed by atoms with van der Waals surface area (Å²) in [7, 11) is 0.277. The van der Waals surface area contributed by atoms with Crippen LogP contribution in [0.2, 0.25) is 18.1 Å². The van der Waals surface area contributed by atoms with Crippen LogP contribution in [0, 0.1) is 0 Å². The molecule has 15 heavy (non-hydrogen) atoms. The van der Waals surface area contributed by atoms with Crippen molar-refractivity contribution in [2.75, 3.05) is 0 Å². The molecule has 0 bridgehead atoms. The van der Waals surface area contributed by atoms with Gasteiger partial charge in [0, 0.05) is 8.80 Å². The van der Waals surface area contributed by atoms with E-state index < -0.39 is 8.80 Å². The summed E-state index contributed by atoms with van der Waals surface area (Å²) in [5, 5.41) is 0. The zero-order valence-electron chi connectivity index (χ0n) is 10.1. The first-order chi connectivity index (χ1) is 7.35. The molecule has 0 saturated carbocycles. The molecule has 88 valence electrons. The van der Waals surface area contributed by atoms with Crippen LogP contribution in [0.3, 0.4) is 0 Å². The molecule has 0 aromatic rings. The van der Waals surface area contributed by atoms with Gasteiger partial charge in [0.2, 0.25) is 0 Å². The molecule has 0 unspecified atom stereocenters. The monoisotopic (exact) mass is 260 g/mol. The van der Waals surface area contributed by atoms with Gasteiger partial charge in [0.15, 0.2) is 0 Å². The van der Waals surface area contributed by atoms with E-state index in [1.165, 1.54) is 37.4 Å². The number of hydrogen-bond donors (Lipinski definition) is 0. The van der Waals surface area contributed by atoms with Gasteiger partial charge in [-0.3, -0.25) is 0 Å². The van der Waals surface area contributed by atoms with E-state index in [1.807, 2.05) is 18.2 Å². The minimum Gasteiger partial charge on any atom is -0.181 e. The Morgan fingerprint density at radius 1 is 0.800 bits per heavy atom. The zero-order chi connectivity index (χ0) is 11.9. The SMILES string of the molecule is C=CCC[SiH](CCC=C)CCC=C.[SiH3]Cl. The summed E-state index contributed by atoms with van der Waals surface area (Å²) in [6, 6.07) is 4.22. The lowest BCUT2D eigenvalue weighted by atomic mass is 10.5. The van der Waals surface area contributed by atoms with Crippen molar-refractivity contribution in [3.05, 3.63) is 38.0 Å². The highest BCUT2D eigenvalue weighted by Gasteiger charge is 2.07. The van der Waals surface area contributed by atoms with Gasteiger partial charge in [0.1, 0.15) is 9.55 Å². The second kappa shape index (κ2) is 16.4. The van der Waals surface area contributed by atoms with Crippen LogP contribution >= 0.6 is 11.1 Å². The number of halogens is 1. The molecule has 0 radical (unpaired) electrons. The molecule has 0 aromatic heterocycles. The molecule has 0 saturated heterocycles. The molecule has 0 nitrogen and oxygen atoms in total. The predicted octanol–water partition coefficient (Wildman–Crippen LogP) is 3.45. The lowest BCUT2D eigenvalue weighted by molar-refractivity contribution is 1.06. The Balaban J connectivity index is 0. The number of rotatable bonds is 9. The molecule has 0 rings (SSSR count). The lowest BCUT2D eigenvalue weighted by Crippen LogP contribution is -2.10. The van der Waals surface area contributed by atoms with Crippen molar-refractivity contribution in [1.29, 1.82) is 0 Å². The van der Waals surface area contributed by atoms with Crippen molar-refractivity contribution in [2.45, 2.75) is 37.4 Å². The smallest absolute Gasteiger partial charge is 0.109 e. The summed E-state index contributed by atoms with van der Waals surface area (Å²) in [6.45, 7) is 11.3. The van der Waals surface area contributed by atoms with Crippen molar-refractivity contribution < 1.29 is 0 Å². The lowest BCUT2D eigenvalue weighted by Gasteiger charge is -2.11. The van der Waals surface area contributed by atoms with Crippen LogP contribution in [0.4, 0.5) is 0 Å². The van der Waals surface area contributed by atoms with E-state index in [9.17, 15) is 0 Å². The van der Waals surface area contributed by atoms with Gasteiger partial charge in [-0.1, -0.05) is 36.4 Å². The molecule has 0 aliphatic rings. The van der Waals surface area contributed by atoms with Gasteiger partial charge in [0.05, 0.1) is 0 Å². The Morgan fingerprint density at radius 2 is 1.07 bits per heavy atom. The fraction of sp³-hybridized carbons (Fsp3) is 0.500. The maximum absolute atomic E-state index is 4.78. The first-order valence-corrected chi connectivity index (χ1v) is 11.0. The van der Waals surface area contributed by atoms with Crippen LogP contribution in [0.25, 0.3) is 0 Å². The summed E-state index contributed by atoms with van der Waals surface area (Å²) in [5.41, 5.74) is 0. The largest absolute Gasteiger partial charge is 0.181 e. The highest BCUT2D eigenvalue weighted by molar-refractivity contribution is 6.80. The topological polar surface area (TPSA) is 0 Å². The van der Waals surface area contributed by atoms with E-state index in [0.29, 0.717) is 0 Å². The average molecular weight is 261 g/mol. The van der Waals surface area contributed by atoms with Gasteiger partial charge in [-0.2, -0.15) is 11.1 Å². The fourth-order valence-electron chi connectivity index (χ4n) is 1.49.